The molecule has 0 saturated carbocycles. The fourth-order valence-electron chi connectivity index (χ4n) is 1.92. The van der Waals surface area contributed by atoms with Crippen molar-refractivity contribution < 1.29 is 43.8 Å². The molecule has 0 amide bonds. The van der Waals surface area contributed by atoms with Gasteiger partial charge < -0.3 is 19.7 Å². The summed E-state index contributed by atoms with van der Waals surface area (Å²) >= 11 is 0. The van der Waals surface area contributed by atoms with E-state index >= 15 is 0 Å². The molecule has 3 atom stereocenters. The zero-order valence-corrected chi connectivity index (χ0v) is 15.7. The molecule has 11 heteroatoms. The number of ether oxygens (including phenoxy) is 2. The Kier molecular flexibility index (Phi) is 8.51. The number of hydrogen-bond acceptors (Lipinski definition) is 11. The van der Waals surface area contributed by atoms with Gasteiger partial charge in [-0.2, -0.15) is 0 Å². The topological polar surface area (TPSA) is 153 Å². The molecule has 154 valence electrons. The van der Waals surface area contributed by atoms with Crippen LogP contribution in [0.2, 0.25) is 0 Å². The molecule has 11 nitrogen and oxygen atoms in total. The van der Waals surface area contributed by atoms with Gasteiger partial charge in [0.15, 0.2) is 6.10 Å². The first-order chi connectivity index (χ1) is 13.1. The van der Waals surface area contributed by atoms with Crippen LogP contribution in [0, 0.1) is 0 Å². The largest absolute Gasteiger partial charge is 0.418 e. The molecule has 0 bridgehead atoms. The Hall–Kier alpha value is -3.02. The van der Waals surface area contributed by atoms with Crippen LogP contribution in [0.25, 0.3) is 0 Å². The van der Waals surface area contributed by atoms with Crippen LogP contribution in [-0.4, -0.2) is 52.0 Å². The van der Waals surface area contributed by atoms with Gasteiger partial charge in [0.05, 0.1) is 11.8 Å². The van der Waals surface area contributed by atoms with Gasteiger partial charge in [-0.1, -0.05) is 18.2 Å². The van der Waals surface area contributed by atoms with Crippen LogP contribution < -0.4 is 5.43 Å². The van der Waals surface area contributed by atoms with Gasteiger partial charge in [-0.05, 0) is 19.1 Å². The van der Waals surface area contributed by atoms with E-state index in [4.69, 9.17) is 14.4 Å². The maximum absolute atomic E-state index is 11.6. The number of esters is 2. The van der Waals surface area contributed by atoms with Crippen LogP contribution in [0.15, 0.2) is 35.4 Å². The monoisotopic (exact) mass is 398 g/mol. The van der Waals surface area contributed by atoms with Crippen molar-refractivity contribution in [3.8, 4) is 0 Å². The Morgan fingerprint density at radius 2 is 1.64 bits per heavy atom. The zero-order chi connectivity index (χ0) is 21.3. The number of aliphatic hydroxyl groups excluding tert-OH is 2. The molecule has 0 heterocycles. The maximum Gasteiger partial charge on any atom is 0.360 e. The van der Waals surface area contributed by atoms with E-state index in [2.05, 4.69) is 15.4 Å². The Bertz CT molecular complexity index is 721. The fourth-order valence-corrected chi connectivity index (χ4v) is 1.92. The van der Waals surface area contributed by atoms with Gasteiger partial charge in [0.1, 0.15) is 0 Å². The summed E-state index contributed by atoms with van der Waals surface area (Å²) in [7, 11) is 0. The van der Waals surface area contributed by atoms with Crippen molar-refractivity contribution in [1.29, 1.82) is 0 Å². The molecule has 0 radical (unpaired) electrons. The van der Waals surface area contributed by atoms with Crippen molar-refractivity contribution >= 4 is 29.5 Å². The Balaban J connectivity index is 3.49. The number of benzene rings is 1. The first-order valence-corrected chi connectivity index (χ1v) is 8.08. The molecule has 3 N–H and O–H groups in total. The highest BCUT2D eigenvalue weighted by molar-refractivity contribution is 5.94. The predicted molar refractivity (Wildman–Crippen MR) is 94.3 cm³/mol. The van der Waals surface area contributed by atoms with Gasteiger partial charge in [-0.3, -0.25) is 19.9 Å². The summed E-state index contributed by atoms with van der Waals surface area (Å²) in [5.41, 5.74) is 2.95. The van der Waals surface area contributed by atoms with Gasteiger partial charge >= 0.3 is 23.7 Å². The molecule has 0 aliphatic rings. The third-order valence-electron chi connectivity index (χ3n) is 3.02. The van der Waals surface area contributed by atoms with Crippen LogP contribution in [0.3, 0.4) is 0 Å². The summed E-state index contributed by atoms with van der Waals surface area (Å²) in [4.78, 5) is 43.6. The lowest BCUT2D eigenvalue weighted by Crippen LogP contribution is -2.60. The molecule has 0 aromatic heterocycles. The number of nitrogens with one attached hydrogen (secondary N) is 1. The summed E-state index contributed by atoms with van der Waals surface area (Å²) in [6.45, 7) is 4.07. The number of nitrogens with zero attached hydrogens (tertiary/aromatic N) is 1. The minimum absolute atomic E-state index is 0.433. The van der Waals surface area contributed by atoms with E-state index in [0.717, 1.165) is 27.7 Å². The van der Waals surface area contributed by atoms with Crippen LogP contribution in [-0.2, 0) is 33.6 Å². The molecule has 1 aromatic carbocycles. The van der Waals surface area contributed by atoms with Crippen molar-refractivity contribution in [2.45, 2.75) is 45.7 Å². The highest BCUT2D eigenvalue weighted by Gasteiger charge is 2.55. The highest BCUT2D eigenvalue weighted by Crippen LogP contribution is 2.26. The van der Waals surface area contributed by atoms with Crippen molar-refractivity contribution in [1.82, 2.24) is 0 Å². The summed E-state index contributed by atoms with van der Waals surface area (Å²) in [5.74, 6) is -6.53. The number of carbonyl (C=O) groups is 3. The number of carbonyl (C=O) groups excluding carboxylic acids is 3. The van der Waals surface area contributed by atoms with E-state index in [1.165, 1.54) is 0 Å². The molecule has 0 saturated heterocycles. The number of anilines is 1. The molecule has 1 aromatic rings. The van der Waals surface area contributed by atoms with Crippen LogP contribution >= 0.6 is 0 Å². The Morgan fingerprint density at radius 1 is 1.04 bits per heavy atom. The van der Waals surface area contributed by atoms with Gasteiger partial charge in [0, 0.05) is 20.8 Å². The quantitative estimate of drug-likeness (QED) is 0.141. The Morgan fingerprint density at radius 3 is 2.11 bits per heavy atom. The molecule has 28 heavy (non-hydrogen) atoms. The number of para-hydroxylation sites is 1. The van der Waals surface area contributed by atoms with Crippen LogP contribution in [0.5, 0.6) is 0 Å². The second kappa shape index (κ2) is 10.3. The van der Waals surface area contributed by atoms with E-state index < -0.39 is 41.8 Å². The molecule has 0 aliphatic heterocycles. The summed E-state index contributed by atoms with van der Waals surface area (Å²) in [6, 6.07) is 8.33. The van der Waals surface area contributed by atoms with Crippen molar-refractivity contribution in [3.63, 3.8) is 0 Å². The van der Waals surface area contributed by atoms with E-state index in [1.807, 2.05) is 0 Å². The Labute approximate surface area is 160 Å². The second-order valence-electron chi connectivity index (χ2n) is 5.59. The molecular formula is C17H22N2O9. The van der Waals surface area contributed by atoms with E-state index in [1.54, 1.807) is 30.3 Å². The third kappa shape index (κ3) is 6.61. The first-order valence-electron chi connectivity index (χ1n) is 8.08. The second-order valence-corrected chi connectivity index (χ2v) is 5.59. The van der Waals surface area contributed by atoms with E-state index in [-0.39, 0.29) is 0 Å². The molecule has 0 aliphatic carbocycles. The van der Waals surface area contributed by atoms with E-state index in [0.29, 0.717) is 5.69 Å². The average Bonchev–Trinajstić information content (AvgIpc) is 2.61. The van der Waals surface area contributed by atoms with Gasteiger partial charge in [0.2, 0.25) is 0 Å². The summed E-state index contributed by atoms with van der Waals surface area (Å²) in [6.07, 6.45) is -3.65. The normalized spacial score (nSPS) is 15.6. The smallest absolute Gasteiger partial charge is 0.360 e. The molecule has 0 spiro atoms. The summed E-state index contributed by atoms with van der Waals surface area (Å²) < 4.78 is 9.89. The standard InChI is InChI=1S/C17H22N2O9/c1-10(20)15(24)17(26-12(3)22,28-27-13(4)23)16(25-11(2)21)19-18-14-8-6-5-7-9-14/h5-10,15,18,20,24H,1-4H3/t10-,15-,17+/m0/s1. The minimum Gasteiger partial charge on any atom is -0.418 e. The zero-order valence-electron chi connectivity index (χ0n) is 15.7. The minimum atomic E-state index is -2.78. The lowest BCUT2D eigenvalue weighted by atomic mass is 10.0. The van der Waals surface area contributed by atoms with Gasteiger partial charge in [0.25, 0.3) is 5.90 Å². The number of aliphatic hydroxyl groups is 2. The molecule has 0 unspecified atom stereocenters. The number of hydrogen-bond donors (Lipinski definition) is 3. The number of rotatable bonds is 8. The highest BCUT2D eigenvalue weighted by atomic mass is 17.2. The molecule has 1 rings (SSSR count). The molecular weight excluding hydrogens is 376 g/mol. The van der Waals surface area contributed by atoms with Crippen molar-refractivity contribution in [3.05, 3.63) is 30.3 Å². The lowest BCUT2D eigenvalue weighted by Gasteiger charge is -2.34. The van der Waals surface area contributed by atoms with E-state index in [9.17, 15) is 24.6 Å². The third-order valence-corrected chi connectivity index (χ3v) is 3.02. The number of hydrazone groups is 1. The first kappa shape index (κ1) is 23.0. The van der Waals surface area contributed by atoms with Crippen molar-refractivity contribution in [2.24, 2.45) is 5.10 Å². The molecule has 0 fully saturated rings. The lowest BCUT2D eigenvalue weighted by molar-refractivity contribution is -0.394. The predicted octanol–water partition coefficient (Wildman–Crippen LogP) is 0.471. The van der Waals surface area contributed by atoms with Gasteiger partial charge in [-0.15, -0.1) is 9.99 Å². The van der Waals surface area contributed by atoms with Crippen molar-refractivity contribution in [2.75, 3.05) is 5.43 Å². The van der Waals surface area contributed by atoms with Crippen LogP contribution in [0.4, 0.5) is 5.69 Å². The maximum atomic E-state index is 11.6. The average molecular weight is 398 g/mol. The van der Waals surface area contributed by atoms with Gasteiger partial charge in [-0.25, -0.2) is 4.79 Å². The fraction of sp³-hybridized carbons (Fsp3) is 0.412. The SMILES string of the molecule is CC(=O)OO[C@@](OC(C)=O)(C(=NNc1ccccc1)OC(C)=O)[C@@H](O)[C@H](C)O. The summed E-state index contributed by atoms with van der Waals surface area (Å²) in [5, 5.41) is 24.1. The van der Waals surface area contributed by atoms with Crippen LogP contribution in [0.1, 0.15) is 27.7 Å².